The van der Waals surface area contributed by atoms with Crippen LogP contribution >= 0.6 is 0 Å². The molecule has 0 heterocycles. The Kier molecular flexibility index (Phi) is 6.55. The largest absolute Gasteiger partial charge is 0.508 e. The Morgan fingerprint density at radius 1 is 1.00 bits per heavy atom. The highest BCUT2D eigenvalue weighted by molar-refractivity contribution is 5.79. The topological polar surface area (TPSA) is 55.5 Å². The molecule has 0 bridgehead atoms. The minimum atomic E-state index is 0.251. The van der Waals surface area contributed by atoms with Crippen molar-refractivity contribution in [2.24, 2.45) is 5.73 Å². The van der Waals surface area contributed by atoms with Crippen LogP contribution in [0.1, 0.15) is 43.7 Å². The number of benzene rings is 2. The summed E-state index contributed by atoms with van der Waals surface area (Å²) in [5.74, 6) is 1.13. The molecule has 2 aromatic carbocycles. The van der Waals surface area contributed by atoms with Crippen LogP contribution in [0.25, 0.3) is 11.8 Å². The SMILES string of the molecule is CCCCCCOc1ccc(/C(N)=C/c2ccc(O)cc2)cc1. The Labute approximate surface area is 138 Å². The van der Waals surface area contributed by atoms with Gasteiger partial charge in [0.05, 0.1) is 6.61 Å². The van der Waals surface area contributed by atoms with E-state index in [4.69, 9.17) is 10.5 Å². The maximum Gasteiger partial charge on any atom is 0.119 e. The van der Waals surface area contributed by atoms with Crippen LogP contribution in [-0.4, -0.2) is 11.7 Å². The molecule has 23 heavy (non-hydrogen) atoms. The highest BCUT2D eigenvalue weighted by Gasteiger charge is 1.99. The lowest BCUT2D eigenvalue weighted by Gasteiger charge is -2.07. The second-order valence-corrected chi connectivity index (χ2v) is 5.62. The molecule has 0 aliphatic carbocycles. The first kappa shape index (κ1) is 16.9. The average molecular weight is 311 g/mol. The van der Waals surface area contributed by atoms with E-state index >= 15 is 0 Å². The van der Waals surface area contributed by atoms with Crippen molar-refractivity contribution in [3.05, 3.63) is 59.7 Å². The summed E-state index contributed by atoms with van der Waals surface area (Å²) in [6.45, 7) is 2.97. The molecule has 0 unspecified atom stereocenters. The molecule has 0 atom stereocenters. The number of rotatable bonds is 8. The Hall–Kier alpha value is -2.42. The quantitative estimate of drug-likeness (QED) is 0.543. The van der Waals surface area contributed by atoms with Crippen molar-refractivity contribution < 1.29 is 9.84 Å². The van der Waals surface area contributed by atoms with E-state index in [0.717, 1.165) is 29.9 Å². The molecule has 0 aliphatic heterocycles. The van der Waals surface area contributed by atoms with Crippen molar-refractivity contribution in [1.82, 2.24) is 0 Å². The van der Waals surface area contributed by atoms with Crippen LogP contribution in [0, 0.1) is 0 Å². The lowest BCUT2D eigenvalue weighted by atomic mass is 10.1. The van der Waals surface area contributed by atoms with E-state index in [0.29, 0.717) is 5.70 Å². The van der Waals surface area contributed by atoms with Crippen LogP contribution < -0.4 is 10.5 Å². The first-order chi connectivity index (χ1) is 11.2. The zero-order chi connectivity index (χ0) is 16.5. The first-order valence-corrected chi connectivity index (χ1v) is 8.18. The number of phenolic OH excluding ortho intramolecular Hbond substituents is 1. The zero-order valence-electron chi connectivity index (χ0n) is 13.7. The molecule has 3 N–H and O–H groups in total. The molecule has 3 heteroatoms. The third-order valence-electron chi connectivity index (χ3n) is 3.67. The number of unbranched alkanes of at least 4 members (excludes halogenated alkanes) is 3. The molecule has 0 spiro atoms. The van der Waals surface area contributed by atoms with Gasteiger partial charge < -0.3 is 15.6 Å². The number of phenols is 1. The van der Waals surface area contributed by atoms with Crippen LogP contribution in [0.2, 0.25) is 0 Å². The second kappa shape index (κ2) is 8.89. The number of aromatic hydroxyl groups is 1. The van der Waals surface area contributed by atoms with Gasteiger partial charge in [-0.3, -0.25) is 0 Å². The van der Waals surface area contributed by atoms with E-state index in [9.17, 15) is 5.11 Å². The van der Waals surface area contributed by atoms with E-state index in [1.165, 1.54) is 19.3 Å². The summed E-state index contributed by atoms with van der Waals surface area (Å²) < 4.78 is 5.73. The highest BCUT2D eigenvalue weighted by Crippen LogP contribution is 2.19. The molecule has 0 saturated heterocycles. The maximum absolute atomic E-state index is 9.29. The molecule has 2 aromatic rings. The molecule has 0 amide bonds. The van der Waals surface area contributed by atoms with E-state index in [1.807, 2.05) is 42.5 Å². The summed E-state index contributed by atoms with van der Waals surface area (Å²) in [6.07, 6.45) is 6.71. The average Bonchev–Trinajstić information content (AvgIpc) is 2.57. The lowest BCUT2D eigenvalue weighted by Crippen LogP contribution is -1.99. The number of ether oxygens (including phenoxy) is 1. The second-order valence-electron chi connectivity index (χ2n) is 5.62. The van der Waals surface area contributed by atoms with Gasteiger partial charge in [-0.25, -0.2) is 0 Å². The molecule has 0 fully saturated rings. The van der Waals surface area contributed by atoms with Gasteiger partial charge in [0.2, 0.25) is 0 Å². The van der Waals surface area contributed by atoms with Crippen molar-refractivity contribution >= 4 is 11.8 Å². The fraction of sp³-hybridized carbons (Fsp3) is 0.300. The standard InChI is InChI=1S/C20H25NO2/c1-2-3-4-5-14-23-19-12-8-17(9-13-19)20(21)15-16-6-10-18(22)11-7-16/h6-13,15,22H,2-5,14,21H2,1H3/b20-15-. The Balaban J connectivity index is 1.91. The van der Waals surface area contributed by atoms with E-state index in [2.05, 4.69) is 6.92 Å². The molecular weight excluding hydrogens is 286 g/mol. The molecular formula is C20H25NO2. The Morgan fingerprint density at radius 3 is 2.35 bits per heavy atom. The predicted octanol–water partition coefficient (Wildman–Crippen LogP) is 4.81. The summed E-state index contributed by atoms with van der Waals surface area (Å²) in [4.78, 5) is 0. The summed E-state index contributed by atoms with van der Waals surface area (Å²) in [7, 11) is 0. The predicted molar refractivity (Wildman–Crippen MR) is 96.2 cm³/mol. The molecule has 0 saturated carbocycles. The molecule has 0 aliphatic rings. The fourth-order valence-corrected chi connectivity index (χ4v) is 2.30. The molecule has 3 nitrogen and oxygen atoms in total. The van der Waals surface area contributed by atoms with Crippen LogP contribution in [0.4, 0.5) is 0 Å². The van der Waals surface area contributed by atoms with Gasteiger partial charge in [0.15, 0.2) is 0 Å². The summed E-state index contributed by atoms with van der Waals surface area (Å²) in [6, 6.07) is 14.8. The number of hydrogen-bond acceptors (Lipinski definition) is 3. The van der Waals surface area contributed by atoms with Crippen LogP contribution in [-0.2, 0) is 0 Å². The van der Waals surface area contributed by atoms with Crippen molar-refractivity contribution in [1.29, 1.82) is 0 Å². The van der Waals surface area contributed by atoms with Gasteiger partial charge in [-0.1, -0.05) is 38.3 Å². The smallest absolute Gasteiger partial charge is 0.119 e. The number of nitrogens with two attached hydrogens (primary N) is 1. The van der Waals surface area contributed by atoms with E-state index in [-0.39, 0.29) is 5.75 Å². The molecule has 0 radical (unpaired) electrons. The van der Waals surface area contributed by atoms with Gasteiger partial charge in [-0.05, 0) is 60.0 Å². The third kappa shape index (κ3) is 5.70. The van der Waals surface area contributed by atoms with Crippen LogP contribution in [0.3, 0.4) is 0 Å². The van der Waals surface area contributed by atoms with Gasteiger partial charge in [-0.15, -0.1) is 0 Å². The highest BCUT2D eigenvalue weighted by atomic mass is 16.5. The van der Waals surface area contributed by atoms with Crippen molar-refractivity contribution in [3.63, 3.8) is 0 Å². The maximum atomic E-state index is 9.29. The van der Waals surface area contributed by atoms with Gasteiger partial charge in [0.25, 0.3) is 0 Å². The summed E-state index contributed by atoms with van der Waals surface area (Å²) in [5.41, 5.74) is 8.72. The van der Waals surface area contributed by atoms with Crippen LogP contribution in [0.15, 0.2) is 48.5 Å². The fourth-order valence-electron chi connectivity index (χ4n) is 2.30. The first-order valence-electron chi connectivity index (χ1n) is 8.18. The Bertz CT molecular complexity index is 615. The third-order valence-corrected chi connectivity index (χ3v) is 3.67. The minimum Gasteiger partial charge on any atom is -0.508 e. The zero-order valence-corrected chi connectivity index (χ0v) is 13.7. The van der Waals surface area contributed by atoms with Gasteiger partial charge in [-0.2, -0.15) is 0 Å². The lowest BCUT2D eigenvalue weighted by molar-refractivity contribution is 0.305. The van der Waals surface area contributed by atoms with Gasteiger partial charge >= 0.3 is 0 Å². The van der Waals surface area contributed by atoms with E-state index in [1.54, 1.807) is 12.1 Å². The van der Waals surface area contributed by atoms with Crippen molar-refractivity contribution in [2.75, 3.05) is 6.61 Å². The van der Waals surface area contributed by atoms with Crippen molar-refractivity contribution in [3.8, 4) is 11.5 Å². The summed E-state index contributed by atoms with van der Waals surface area (Å²) in [5, 5.41) is 9.29. The van der Waals surface area contributed by atoms with Gasteiger partial charge in [0, 0.05) is 5.70 Å². The molecule has 2 rings (SSSR count). The monoisotopic (exact) mass is 311 g/mol. The minimum absolute atomic E-state index is 0.251. The number of hydrogen-bond donors (Lipinski definition) is 2. The van der Waals surface area contributed by atoms with Crippen LogP contribution in [0.5, 0.6) is 11.5 Å². The summed E-state index contributed by atoms with van der Waals surface area (Å²) >= 11 is 0. The Morgan fingerprint density at radius 2 is 1.70 bits per heavy atom. The molecule has 122 valence electrons. The molecule has 0 aromatic heterocycles. The normalized spacial score (nSPS) is 11.4. The van der Waals surface area contributed by atoms with Crippen molar-refractivity contribution in [2.45, 2.75) is 32.6 Å². The van der Waals surface area contributed by atoms with E-state index < -0.39 is 0 Å². The van der Waals surface area contributed by atoms with Gasteiger partial charge in [0.1, 0.15) is 11.5 Å².